The highest BCUT2D eigenvalue weighted by Crippen LogP contribution is 2.11. The van der Waals surface area contributed by atoms with Crippen molar-refractivity contribution in [2.24, 2.45) is 0 Å². The van der Waals surface area contributed by atoms with Crippen molar-refractivity contribution in [2.75, 3.05) is 13.2 Å². The summed E-state index contributed by atoms with van der Waals surface area (Å²) >= 11 is 0. The van der Waals surface area contributed by atoms with E-state index in [4.69, 9.17) is 9.15 Å². The van der Waals surface area contributed by atoms with Gasteiger partial charge >= 0.3 is 5.97 Å². The highest BCUT2D eigenvalue weighted by atomic mass is 16.5. The zero-order valence-electron chi connectivity index (χ0n) is 11.8. The fourth-order valence-electron chi connectivity index (χ4n) is 1.93. The lowest BCUT2D eigenvalue weighted by Crippen LogP contribution is -2.35. The number of ether oxygens (including phenoxy) is 1. The first-order chi connectivity index (χ1) is 10.2. The van der Waals surface area contributed by atoms with Crippen LogP contribution >= 0.6 is 0 Å². The van der Waals surface area contributed by atoms with Crippen molar-refractivity contribution in [3.05, 3.63) is 60.1 Å². The molecule has 0 saturated carbocycles. The van der Waals surface area contributed by atoms with Crippen LogP contribution in [-0.2, 0) is 16.1 Å². The normalized spacial score (nSPS) is 10.1. The predicted molar refractivity (Wildman–Crippen MR) is 76.5 cm³/mol. The topological polar surface area (TPSA) is 59.8 Å². The molecule has 1 heterocycles. The molecule has 0 saturated heterocycles. The van der Waals surface area contributed by atoms with Gasteiger partial charge in [-0.15, -0.1) is 0 Å². The van der Waals surface area contributed by atoms with E-state index in [-0.39, 0.29) is 19.1 Å². The summed E-state index contributed by atoms with van der Waals surface area (Å²) in [4.78, 5) is 25.5. The second kappa shape index (κ2) is 7.28. The molecule has 2 rings (SSSR count). The van der Waals surface area contributed by atoms with Gasteiger partial charge in [0, 0.05) is 6.54 Å². The number of esters is 1. The maximum Gasteiger partial charge on any atom is 0.325 e. The molecule has 0 radical (unpaired) electrons. The molecule has 0 bridgehead atoms. The molecule has 5 heteroatoms. The van der Waals surface area contributed by atoms with Crippen LogP contribution < -0.4 is 0 Å². The second-order valence-electron chi connectivity index (χ2n) is 4.46. The van der Waals surface area contributed by atoms with Gasteiger partial charge in [-0.1, -0.05) is 30.3 Å². The van der Waals surface area contributed by atoms with Crippen molar-refractivity contribution in [3.63, 3.8) is 0 Å². The summed E-state index contributed by atoms with van der Waals surface area (Å²) in [6.07, 6.45) is 2.80. The maximum absolute atomic E-state index is 12.4. The Labute approximate surface area is 123 Å². The minimum absolute atomic E-state index is 0.0905. The lowest BCUT2D eigenvalue weighted by Gasteiger charge is -2.21. The SMILES string of the molecule is CCOC(=O)CN(Cc1ccccc1)C(=O)c1ccoc1. The summed E-state index contributed by atoms with van der Waals surface area (Å²) in [7, 11) is 0. The van der Waals surface area contributed by atoms with E-state index in [1.54, 1.807) is 13.0 Å². The number of nitrogens with zero attached hydrogens (tertiary/aromatic N) is 1. The molecule has 1 aromatic carbocycles. The van der Waals surface area contributed by atoms with Gasteiger partial charge in [-0.25, -0.2) is 0 Å². The van der Waals surface area contributed by atoms with Gasteiger partial charge in [0.25, 0.3) is 5.91 Å². The number of furan rings is 1. The highest BCUT2D eigenvalue weighted by Gasteiger charge is 2.20. The smallest absolute Gasteiger partial charge is 0.325 e. The molecule has 0 fully saturated rings. The Morgan fingerprint density at radius 2 is 1.95 bits per heavy atom. The van der Waals surface area contributed by atoms with E-state index >= 15 is 0 Å². The number of benzene rings is 1. The second-order valence-corrected chi connectivity index (χ2v) is 4.46. The van der Waals surface area contributed by atoms with Gasteiger partial charge < -0.3 is 14.1 Å². The van der Waals surface area contributed by atoms with Crippen LogP contribution in [-0.4, -0.2) is 29.9 Å². The number of amides is 1. The standard InChI is InChI=1S/C16H17NO4/c1-2-21-15(18)11-17(10-13-6-4-3-5-7-13)16(19)14-8-9-20-12-14/h3-9,12H,2,10-11H2,1H3. The Hall–Kier alpha value is -2.56. The molecule has 2 aromatic rings. The molecule has 0 aliphatic heterocycles. The zero-order chi connectivity index (χ0) is 15.1. The molecule has 1 amide bonds. The van der Waals surface area contributed by atoms with Crippen LogP contribution in [0.15, 0.2) is 53.3 Å². The van der Waals surface area contributed by atoms with Gasteiger partial charge in [0.15, 0.2) is 0 Å². The van der Waals surface area contributed by atoms with E-state index < -0.39 is 5.97 Å². The van der Waals surface area contributed by atoms with E-state index in [1.165, 1.54) is 17.4 Å². The largest absolute Gasteiger partial charge is 0.472 e. The zero-order valence-corrected chi connectivity index (χ0v) is 11.8. The Balaban J connectivity index is 2.13. The fourth-order valence-corrected chi connectivity index (χ4v) is 1.93. The number of carbonyl (C=O) groups excluding carboxylic acids is 2. The van der Waals surface area contributed by atoms with Crippen LogP contribution in [0.1, 0.15) is 22.8 Å². The molecule has 0 aliphatic rings. The molecule has 5 nitrogen and oxygen atoms in total. The monoisotopic (exact) mass is 287 g/mol. The predicted octanol–water partition coefficient (Wildman–Crippen LogP) is 2.49. The number of carbonyl (C=O) groups is 2. The van der Waals surface area contributed by atoms with Crippen LogP contribution in [0.3, 0.4) is 0 Å². The van der Waals surface area contributed by atoms with E-state index in [0.29, 0.717) is 12.1 Å². The molecule has 110 valence electrons. The summed E-state index contributed by atoms with van der Waals surface area (Å²) in [6.45, 7) is 2.27. The van der Waals surface area contributed by atoms with Gasteiger partial charge in [0.2, 0.25) is 0 Å². The number of rotatable bonds is 6. The quantitative estimate of drug-likeness (QED) is 0.766. The van der Waals surface area contributed by atoms with Crippen molar-refractivity contribution >= 4 is 11.9 Å². The third-order valence-corrected chi connectivity index (χ3v) is 2.90. The first-order valence-electron chi connectivity index (χ1n) is 6.71. The van der Waals surface area contributed by atoms with Crippen LogP contribution in [0.25, 0.3) is 0 Å². The lowest BCUT2D eigenvalue weighted by molar-refractivity contribution is -0.143. The summed E-state index contributed by atoms with van der Waals surface area (Å²) in [5.41, 5.74) is 1.36. The third-order valence-electron chi connectivity index (χ3n) is 2.90. The molecular formula is C16H17NO4. The summed E-state index contributed by atoms with van der Waals surface area (Å²) < 4.78 is 9.85. The summed E-state index contributed by atoms with van der Waals surface area (Å²) in [5.74, 6) is -0.689. The van der Waals surface area contributed by atoms with Gasteiger partial charge in [0.1, 0.15) is 12.8 Å². The van der Waals surface area contributed by atoms with Crippen LogP contribution in [0.5, 0.6) is 0 Å². The number of hydrogen-bond acceptors (Lipinski definition) is 4. The lowest BCUT2D eigenvalue weighted by atomic mass is 10.2. The molecule has 21 heavy (non-hydrogen) atoms. The van der Waals surface area contributed by atoms with Crippen LogP contribution in [0, 0.1) is 0 Å². The van der Waals surface area contributed by atoms with E-state index in [1.807, 2.05) is 30.3 Å². The molecule has 0 unspecified atom stereocenters. The molecule has 0 atom stereocenters. The minimum Gasteiger partial charge on any atom is -0.472 e. The number of hydrogen-bond donors (Lipinski definition) is 0. The van der Waals surface area contributed by atoms with Crippen molar-refractivity contribution in [1.29, 1.82) is 0 Å². The fraction of sp³-hybridized carbons (Fsp3) is 0.250. The molecule has 0 aliphatic carbocycles. The molecule has 0 N–H and O–H groups in total. The summed E-state index contributed by atoms with van der Waals surface area (Å²) in [5, 5.41) is 0. The van der Waals surface area contributed by atoms with Gasteiger partial charge in [-0.3, -0.25) is 9.59 Å². The molecule has 1 aromatic heterocycles. The van der Waals surface area contributed by atoms with Crippen molar-refractivity contribution < 1.29 is 18.7 Å². The Kier molecular flexibility index (Phi) is 5.15. The van der Waals surface area contributed by atoms with Crippen LogP contribution in [0.2, 0.25) is 0 Å². The van der Waals surface area contributed by atoms with Crippen molar-refractivity contribution in [3.8, 4) is 0 Å². The van der Waals surface area contributed by atoms with Gasteiger partial charge in [-0.2, -0.15) is 0 Å². The van der Waals surface area contributed by atoms with E-state index in [0.717, 1.165) is 5.56 Å². The minimum atomic E-state index is -0.426. The van der Waals surface area contributed by atoms with E-state index in [2.05, 4.69) is 0 Å². The average molecular weight is 287 g/mol. The average Bonchev–Trinajstić information content (AvgIpc) is 3.01. The first-order valence-corrected chi connectivity index (χ1v) is 6.71. The summed E-state index contributed by atoms with van der Waals surface area (Å²) in [6, 6.07) is 11.1. The molecule has 0 spiro atoms. The van der Waals surface area contributed by atoms with E-state index in [9.17, 15) is 9.59 Å². The Bertz CT molecular complexity index is 578. The van der Waals surface area contributed by atoms with Crippen molar-refractivity contribution in [2.45, 2.75) is 13.5 Å². The Morgan fingerprint density at radius 3 is 2.57 bits per heavy atom. The highest BCUT2D eigenvalue weighted by molar-refractivity contribution is 5.95. The first kappa shape index (κ1) is 14.8. The third kappa shape index (κ3) is 4.21. The molecular weight excluding hydrogens is 270 g/mol. The van der Waals surface area contributed by atoms with Gasteiger partial charge in [-0.05, 0) is 18.6 Å². The van der Waals surface area contributed by atoms with Crippen LogP contribution in [0.4, 0.5) is 0 Å². The van der Waals surface area contributed by atoms with Crippen molar-refractivity contribution in [1.82, 2.24) is 4.90 Å². The van der Waals surface area contributed by atoms with Gasteiger partial charge in [0.05, 0.1) is 18.4 Å². The Morgan fingerprint density at radius 1 is 1.19 bits per heavy atom. The maximum atomic E-state index is 12.4.